The lowest BCUT2D eigenvalue weighted by Crippen LogP contribution is -2.03. The Bertz CT molecular complexity index is 682. The first kappa shape index (κ1) is 12.4. The van der Waals surface area contributed by atoms with Gasteiger partial charge in [0.15, 0.2) is 4.77 Å². The summed E-state index contributed by atoms with van der Waals surface area (Å²) in [5, 5.41) is 9.07. The molecule has 1 aromatic carbocycles. The molecule has 0 aliphatic rings. The molecule has 2 N–H and O–H groups in total. The van der Waals surface area contributed by atoms with Crippen LogP contribution in [-0.2, 0) is 0 Å². The average Bonchev–Trinajstić information content (AvgIpc) is 2.32. The number of nitrogens with zero attached hydrogens (tertiary/aromatic N) is 1. The molecule has 6 heteroatoms. The number of carboxylic acid groups (broad SMARTS) is 1. The first-order valence-electron chi connectivity index (χ1n) is 5.08. The van der Waals surface area contributed by atoms with Crippen LogP contribution in [0.4, 0.5) is 4.39 Å². The molecule has 1 heterocycles. The Hall–Kier alpha value is -2.08. The van der Waals surface area contributed by atoms with Gasteiger partial charge in [-0.2, -0.15) is 0 Å². The van der Waals surface area contributed by atoms with Gasteiger partial charge in [0.1, 0.15) is 11.4 Å². The molecule has 1 aromatic heterocycles. The average molecular weight is 264 g/mol. The Morgan fingerprint density at radius 2 is 2.22 bits per heavy atom. The molecular formula is C12H9FN2O2S. The van der Waals surface area contributed by atoms with E-state index in [1.54, 1.807) is 13.0 Å². The van der Waals surface area contributed by atoms with Crippen LogP contribution in [0.2, 0.25) is 0 Å². The normalized spacial score (nSPS) is 10.3. The minimum absolute atomic E-state index is 0.00499. The van der Waals surface area contributed by atoms with Crippen molar-refractivity contribution >= 4 is 18.2 Å². The molecule has 2 aromatic rings. The van der Waals surface area contributed by atoms with Gasteiger partial charge in [-0.15, -0.1) is 0 Å². The van der Waals surface area contributed by atoms with E-state index < -0.39 is 5.97 Å². The molecule has 0 unspecified atom stereocenters. The molecule has 18 heavy (non-hydrogen) atoms. The Kier molecular flexibility index (Phi) is 3.20. The van der Waals surface area contributed by atoms with Gasteiger partial charge in [-0.25, -0.2) is 14.2 Å². The van der Waals surface area contributed by atoms with E-state index in [1.165, 1.54) is 18.3 Å². The van der Waals surface area contributed by atoms with Crippen molar-refractivity contribution in [3.05, 3.63) is 46.1 Å². The van der Waals surface area contributed by atoms with Gasteiger partial charge in [0.2, 0.25) is 0 Å². The molecule has 0 spiro atoms. The zero-order valence-electron chi connectivity index (χ0n) is 9.40. The molecule has 0 fully saturated rings. The number of halogens is 1. The lowest BCUT2D eigenvalue weighted by molar-refractivity contribution is 0.0697. The van der Waals surface area contributed by atoms with Crippen molar-refractivity contribution in [1.82, 2.24) is 9.97 Å². The topological polar surface area (TPSA) is 66.0 Å². The largest absolute Gasteiger partial charge is 0.478 e. The van der Waals surface area contributed by atoms with E-state index >= 15 is 0 Å². The number of H-pyrrole nitrogens is 1. The highest BCUT2D eigenvalue weighted by Crippen LogP contribution is 2.23. The van der Waals surface area contributed by atoms with Crippen LogP contribution in [0, 0.1) is 17.5 Å². The quantitative estimate of drug-likeness (QED) is 0.818. The van der Waals surface area contributed by atoms with Crippen LogP contribution in [-0.4, -0.2) is 21.0 Å². The molecule has 0 aliphatic carbocycles. The fourth-order valence-electron chi connectivity index (χ4n) is 1.58. The maximum Gasteiger partial charge on any atom is 0.339 e. The van der Waals surface area contributed by atoms with Gasteiger partial charge in [0.05, 0.1) is 5.69 Å². The fraction of sp³-hybridized carbons (Fsp3) is 0.0833. The molecule has 0 saturated carbocycles. The lowest BCUT2D eigenvalue weighted by atomic mass is 10.0. The van der Waals surface area contributed by atoms with Gasteiger partial charge in [-0.3, -0.25) is 0 Å². The van der Waals surface area contributed by atoms with Crippen LogP contribution >= 0.6 is 12.2 Å². The molecule has 0 saturated heterocycles. The number of hydrogen-bond acceptors (Lipinski definition) is 3. The smallest absolute Gasteiger partial charge is 0.339 e. The highest BCUT2D eigenvalue weighted by molar-refractivity contribution is 7.71. The van der Waals surface area contributed by atoms with Gasteiger partial charge >= 0.3 is 5.97 Å². The second-order valence-corrected chi connectivity index (χ2v) is 4.13. The number of nitrogens with one attached hydrogen (secondary N) is 1. The van der Waals surface area contributed by atoms with Crippen LogP contribution < -0.4 is 0 Å². The summed E-state index contributed by atoms with van der Waals surface area (Å²) >= 11 is 4.87. The van der Waals surface area contributed by atoms with E-state index in [-0.39, 0.29) is 16.2 Å². The number of carbonyl (C=O) groups is 1. The predicted octanol–water partition coefficient (Wildman–Crippen LogP) is 2.95. The highest BCUT2D eigenvalue weighted by atomic mass is 32.1. The van der Waals surface area contributed by atoms with Crippen LogP contribution in [0.25, 0.3) is 11.3 Å². The number of aromatic amines is 1. The minimum Gasteiger partial charge on any atom is -0.478 e. The third-order valence-electron chi connectivity index (χ3n) is 2.49. The second-order valence-electron chi connectivity index (χ2n) is 3.75. The zero-order chi connectivity index (χ0) is 13.3. The van der Waals surface area contributed by atoms with E-state index in [2.05, 4.69) is 9.97 Å². The van der Waals surface area contributed by atoms with Crippen molar-refractivity contribution in [2.75, 3.05) is 0 Å². The predicted molar refractivity (Wildman–Crippen MR) is 66.5 cm³/mol. The second kappa shape index (κ2) is 4.66. The number of benzene rings is 1. The fourth-order valence-corrected chi connectivity index (χ4v) is 1.74. The van der Waals surface area contributed by atoms with E-state index in [4.69, 9.17) is 17.3 Å². The zero-order valence-corrected chi connectivity index (χ0v) is 10.2. The van der Waals surface area contributed by atoms with Crippen LogP contribution in [0.1, 0.15) is 15.9 Å². The van der Waals surface area contributed by atoms with E-state index in [1.807, 2.05) is 0 Å². The number of hydrogen-bond donors (Lipinski definition) is 2. The summed E-state index contributed by atoms with van der Waals surface area (Å²) in [6.07, 6.45) is 1.19. The maximum atomic E-state index is 13.2. The van der Waals surface area contributed by atoms with Gasteiger partial charge in [0.25, 0.3) is 0 Å². The number of aryl methyl sites for hydroxylation is 1. The van der Waals surface area contributed by atoms with Crippen molar-refractivity contribution in [2.24, 2.45) is 0 Å². The number of aromatic carboxylic acids is 1. The summed E-state index contributed by atoms with van der Waals surface area (Å²) in [5.74, 6) is -1.46. The number of aromatic nitrogens is 2. The Morgan fingerprint density at radius 3 is 2.83 bits per heavy atom. The van der Waals surface area contributed by atoms with E-state index in [9.17, 15) is 9.18 Å². The molecule has 4 nitrogen and oxygen atoms in total. The molecule has 0 atom stereocenters. The Morgan fingerprint density at radius 1 is 1.50 bits per heavy atom. The van der Waals surface area contributed by atoms with Gasteiger partial charge in [-0.1, -0.05) is 0 Å². The summed E-state index contributed by atoms with van der Waals surface area (Å²) in [6.45, 7) is 1.61. The van der Waals surface area contributed by atoms with Crippen molar-refractivity contribution in [1.29, 1.82) is 0 Å². The number of rotatable bonds is 2. The van der Waals surface area contributed by atoms with Gasteiger partial charge in [-0.05, 0) is 48.5 Å². The first-order chi connectivity index (χ1) is 8.49. The third kappa shape index (κ3) is 2.28. The van der Waals surface area contributed by atoms with Crippen LogP contribution in [0.3, 0.4) is 0 Å². The van der Waals surface area contributed by atoms with E-state index in [0.717, 1.165) is 0 Å². The van der Waals surface area contributed by atoms with Gasteiger partial charge in [0, 0.05) is 6.20 Å². The van der Waals surface area contributed by atoms with E-state index in [0.29, 0.717) is 16.8 Å². The van der Waals surface area contributed by atoms with Crippen molar-refractivity contribution in [3.8, 4) is 11.3 Å². The molecule has 0 radical (unpaired) electrons. The summed E-state index contributed by atoms with van der Waals surface area (Å²) in [5.41, 5.74) is 1.31. The Labute approximate surface area is 107 Å². The maximum absolute atomic E-state index is 13.2. The SMILES string of the molecule is Cc1cc(-c2[nH]c(=S)ncc2C(=O)O)ccc1F. The van der Waals surface area contributed by atoms with Crippen molar-refractivity contribution < 1.29 is 14.3 Å². The highest BCUT2D eigenvalue weighted by Gasteiger charge is 2.13. The summed E-state index contributed by atoms with van der Waals surface area (Å²) in [4.78, 5) is 17.5. The third-order valence-corrected chi connectivity index (χ3v) is 2.70. The van der Waals surface area contributed by atoms with Crippen LogP contribution in [0.15, 0.2) is 24.4 Å². The van der Waals surface area contributed by atoms with Gasteiger partial charge < -0.3 is 10.1 Å². The molecule has 0 bridgehead atoms. The summed E-state index contributed by atoms with van der Waals surface area (Å²) < 4.78 is 13.4. The molecule has 0 aliphatic heterocycles. The minimum atomic E-state index is -1.12. The molecule has 2 rings (SSSR count). The first-order valence-corrected chi connectivity index (χ1v) is 5.49. The lowest BCUT2D eigenvalue weighted by Gasteiger charge is -2.07. The molecule has 92 valence electrons. The van der Waals surface area contributed by atoms with Crippen molar-refractivity contribution in [3.63, 3.8) is 0 Å². The number of carboxylic acids is 1. The van der Waals surface area contributed by atoms with Crippen LogP contribution in [0.5, 0.6) is 0 Å². The summed E-state index contributed by atoms with van der Waals surface area (Å²) in [6, 6.07) is 4.34. The molecular weight excluding hydrogens is 255 g/mol. The Balaban J connectivity index is 2.69. The van der Waals surface area contributed by atoms with Crippen molar-refractivity contribution in [2.45, 2.75) is 6.92 Å². The molecule has 0 amide bonds. The summed E-state index contributed by atoms with van der Waals surface area (Å²) in [7, 11) is 0. The standard InChI is InChI=1S/C12H9FN2O2S/c1-6-4-7(2-3-9(6)13)10-8(11(16)17)5-14-12(18)15-10/h2-5H,1H3,(H,16,17)(H,14,15,18). The monoisotopic (exact) mass is 264 g/mol.